The molecular formula is C19H22N2O3. The van der Waals surface area contributed by atoms with Gasteiger partial charge in [0.05, 0.1) is 14.2 Å². The Kier molecular flexibility index (Phi) is 4.71. The number of rotatable bonds is 5. The van der Waals surface area contributed by atoms with Crippen molar-refractivity contribution in [2.75, 3.05) is 20.8 Å². The molecule has 1 aliphatic heterocycles. The standard InChI is InChI=1S/C19H22N2O3/c1-23-17-9-15-7-8-21(12-16(15)10-18(17)24-2)11-13-3-5-14(6-4-13)19(20)22/h3-6,9-10H,7-8,11-12H2,1-2H3,(H2,20,22). The van der Waals surface area contributed by atoms with E-state index in [0.29, 0.717) is 5.56 Å². The van der Waals surface area contributed by atoms with E-state index in [-0.39, 0.29) is 0 Å². The molecule has 0 bridgehead atoms. The molecule has 1 heterocycles. The fraction of sp³-hybridized carbons (Fsp3) is 0.316. The Morgan fingerprint density at radius 2 is 1.71 bits per heavy atom. The summed E-state index contributed by atoms with van der Waals surface area (Å²) in [7, 11) is 3.32. The van der Waals surface area contributed by atoms with E-state index in [2.05, 4.69) is 17.0 Å². The number of hydrogen-bond donors (Lipinski definition) is 1. The van der Waals surface area contributed by atoms with Gasteiger partial charge in [-0.3, -0.25) is 9.69 Å². The molecule has 0 atom stereocenters. The maximum Gasteiger partial charge on any atom is 0.248 e. The van der Waals surface area contributed by atoms with Crippen LogP contribution >= 0.6 is 0 Å². The highest BCUT2D eigenvalue weighted by Gasteiger charge is 2.19. The maximum atomic E-state index is 11.1. The molecule has 0 saturated carbocycles. The van der Waals surface area contributed by atoms with Gasteiger partial charge in [0.2, 0.25) is 5.91 Å². The summed E-state index contributed by atoms with van der Waals surface area (Å²) < 4.78 is 10.8. The summed E-state index contributed by atoms with van der Waals surface area (Å²) in [6.45, 7) is 2.69. The summed E-state index contributed by atoms with van der Waals surface area (Å²) in [5.74, 6) is 1.16. The fourth-order valence-electron chi connectivity index (χ4n) is 3.11. The predicted molar refractivity (Wildman–Crippen MR) is 92.3 cm³/mol. The Labute approximate surface area is 142 Å². The van der Waals surface area contributed by atoms with E-state index >= 15 is 0 Å². The molecule has 0 unspecified atom stereocenters. The highest BCUT2D eigenvalue weighted by atomic mass is 16.5. The lowest BCUT2D eigenvalue weighted by Crippen LogP contribution is -2.30. The van der Waals surface area contributed by atoms with E-state index in [1.165, 1.54) is 16.7 Å². The van der Waals surface area contributed by atoms with Crippen LogP contribution in [0.1, 0.15) is 27.0 Å². The van der Waals surface area contributed by atoms with Crippen LogP contribution in [0.3, 0.4) is 0 Å². The number of nitrogens with two attached hydrogens (primary N) is 1. The minimum absolute atomic E-state index is 0.394. The third-order valence-corrected chi connectivity index (χ3v) is 4.44. The molecule has 0 radical (unpaired) electrons. The fourth-order valence-corrected chi connectivity index (χ4v) is 3.11. The van der Waals surface area contributed by atoms with Crippen molar-refractivity contribution in [2.45, 2.75) is 19.5 Å². The van der Waals surface area contributed by atoms with Gasteiger partial charge in [0, 0.05) is 25.2 Å². The molecule has 3 rings (SSSR count). The van der Waals surface area contributed by atoms with E-state index in [0.717, 1.165) is 37.6 Å². The molecule has 2 aromatic rings. The van der Waals surface area contributed by atoms with E-state index in [1.54, 1.807) is 26.4 Å². The molecule has 1 amide bonds. The van der Waals surface area contributed by atoms with Crippen LogP contribution in [-0.4, -0.2) is 31.6 Å². The third-order valence-electron chi connectivity index (χ3n) is 4.44. The van der Waals surface area contributed by atoms with Crippen molar-refractivity contribution >= 4 is 5.91 Å². The van der Waals surface area contributed by atoms with Crippen molar-refractivity contribution in [3.8, 4) is 11.5 Å². The normalized spacial score (nSPS) is 14.1. The second kappa shape index (κ2) is 6.93. The summed E-state index contributed by atoms with van der Waals surface area (Å²) in [4.78, 5) is 13.5. The van der Waals surface area contributed by atoms with Gasteiger partial charge in [-0.2, -0.15) is 0 Å². The molecule has 0 aliphatic carbocycles. The number of hydrogen-bond acceptors (Lipinski definition) is 4. The van der Waals surface area contributed by atoms with Crippen molar-refractivity contribution in [3.63, 3.8) is 0 Å². The number of carbonyl (C=O) groups is 1. The molecule has 1 aliphatic rings. The largest absolute Gasteiger partial charge is 0.493 e. The topological polar surface area (TPSA) is 64.8 Å². The van der Waals surface area contributed by atoms with Crippen molar-refractivity contribution in [1.29, 1.82) is 0 Å². The summed E-state index contributed by atoms with van der Waals surface area (Å²) >= 11 is 0. The van der Waals surface area contributed by atoms with Gasteiger partial charge in [-0.25, -0.2) is 0 Å². The number of fused-ring (bicyclic) bond motifs is 1. The average Bonchev–Trinajstić information content (AvgIpc) is 2.60. The van der Waals surface area contributed by atoms with Gasteiger partial charge in [-0.15, -0.1) is 0 Å². The van der Waals surface area contributed by atoms with Crippen LogP contribution in [0.25, 0.3) is 0 Å². The van der Waals surface area contributed by atoms with E-state index < -0.39 is 5.91 Å². The molecular weight excluding hydrogens is 304 g/mol. The molecule has 0 saturated heterocycles. The number of nitrogens with zero attached hydrogens (tertiary/aromatic N) is 1. The monoisotopic (exact) mass is 326 g/mol. The first-order valence-corrected chi connectivity index (χ1v) is 7.95. The lowest BCUT2D eigenvalue weighted by Gasteiger charge is -2.29. The van der Waals surface area contributed by atoms with Gasteiger partial charge in [-0.1, -0.05) is 12.1 Å². The average molecular weight is 326 g/mol. The molecule has 0 fully saturated rings. The van der Waals surface area contributed by atoms with E-state index in [1.807, 2.05) is 12.1 Å². The summed E-state index contributed by atoms with van der Waals surface area (Å²) in [5, 5.41) is 0. The second-order valence-electron chi connectivity index (χ2n) is 6.00. The van der Waals surface area contributed by atoms with Crippen molar-refractivity contribution in [2.24, 2.45) is 5.73 Å². The van der Waals surface area contributed by atoms with E-state index in [9.17, 15) is 4.79 Å². The Hall–Kier alpha value is -2.53. The number of methoxy groups -OCH3 is 2. The molecule has 0 aromatic heterocycles. The van der Waals surface area contributed by atoms with Crippen molar-refractivity contribution < 1.29 is 14.3 Å². The summed E-state index contributed by atoms with van der Waals surface area (Å²) in [6, 6.07) is 11.6. The molecule has 5 heteroatoms. The number of carbonyl (C=O) groups excluding carboxylic acids is 1. The Bertz CT molecular complexity index is 741. The van der Waals surface area contributed by atoms with Gasteiger partial charge in [-0.05, 0) is 47.4 Å². The second-order valence-corrected chi connectivity index (χ2v) is 6.00. The summed E-state index contributed by atoms with van der Waals surface area (Å²) in [5.41, 5.74) is 9.58. The van der Waals surface area contributed by atoms with E-state index in [4.69, 9.17) is 15.2 Å². The van der Waals surface area contributed by atoms with Crippen LogP contribution in [-0.2, 0) is 19.5 Å². The molecule has 0 spiro atoms. The SMILES string of the molecule is COc1cc2c(cc1OC)CN(Cc1ccc(C(N)=O)cc1)CC2. The molecule has 24 heavy (non-hydrogen) atoms. The quantitative estimate of drug-likeness (QED) is 0.916. The lowest BCUT2D eigenvalue weighted by atomic mass is 9.98. The summed E-state index contributed by atoms with van der Waals surface area (Å²) in [6.07, 6.45) is 0.981. The zero-order valence-corrected chi connectivity index (χ0v) is 14.0. The number of ether oxygens (including phenoxy) is 2. The Morgan fingerprint density at radius 1 is 1.08 bits per heavy atom. The zero-order chi connectivity index (χ0) is 17.1. The van der Waals surface area contributed by atoms with Crippen LogP contribution in [0, 0.1) is 0 Å². The van der Waals surface area contributed by atoms with Crippen LogP contribution in [0.4, 0.5) is 0 Å². The van der Waals surface area contributed by atoms with Gasteiger partial charge in [0.25, 0.3) is 0 Å². The zero-order valence-electron chi connectivity index (χ0n) is 14.0. The Morgan fingerprint density at radius 3 is 2.29 bits per heavy atom. The minimum Gasteiger partial charge on any atom is -0.493 e. The van der Waals surface area contributed by atoms with Crippen molar-refractivity contribution in [3.05, 3.63) is 58.7 Å². The minimum atomic E-state index is -0.394. The molecule has 5 nitrogen and oxygen atoms in total. The molecule has 126 valence electrons. The lowest BCUT2D eigenvalue weighted by molar-refractivity contribution is 0.100. The predicted octanol–water partition coefficient (Wildman–Crippen LogP) is 2.36. The first-order valence-electron chi connectivity index (χ1n) is 7.95. The third kappa shape index (κ3) is 3.36. The first-order chi connectivity index (χ1) is 11.6. The Balaban J connectivity index is 1.73. The highest BCUT2D eigenvalue weighted by Crippen LogP contribution is 2.33. The van der Waals surface area contributed by atoms with Gasteiger partial charge >= 0.3 is 0 Å². The van der Waals surface area contributed by atoms with Gasteiger partial charge in [0.1, 0.15) is 0 Å². The van der Waals surface area contributed by atoms with Gasteiger partial charge in [0.15, 0.2) is 11.5 Å². The smallest absolute Gasteiger partial charge is 0.248 e. The molecule has 2 aromatic carbocycles. The molecule has 2 N–H and O–H groups in total. The van der Waals surface area contributed by atoms with Gasteiger partial charge < -0.3 is 15.2 Å². The van der Waals surface area contributed by atoms with Crippen LogP contribution < -0.4 is 15.2 Å². The van der Waals surface area contributed by atoms with Crippen molar-refractivity contribution in [1.82, 2.24) is 4.90 Å². The number of primary amides is 1. The van der Waals surface area contributed by atoms with Crippen LogP contribution in [0.15, 0.2) is 36.4 Å². The number of benzene rings is 2. The first kappa shape index (κ1) is 16.3. The van der Waals surface area contributed by atoms with Crippen LogP contribution in [0.2, 0.25) is 0 Å². The highest BCUT2D eigenvalue weighted by molar-refractivity contribution is 5.92. The number of amides is 1. The van der Waals surface area contributed by atoms with Crippen LogP contribution in [0.5, 0.6) is 11.5 Å². The maximum absolute atomic E-state index is 11.1.